The molecular formula is C30H31FN4O3. The summed E-state index contributed by atoms with van der Waals surface area (Å²) in [6.07, 6.45) is 1.50. The molecular weight excluding hydrogens is 483 g/mol. The van der Waals surface area contributed by atoms with Crippen LogP contribution in [0.1, 0.15) is 35.7 Å². The minimum absolute atomic E-state index is 0.0569. The van der Waals surface area contributed by atoms with Crippen molar-refractivity contribution in [2.75, 3.05) is 25.0 Å². The fraction of sp³-hybridized carbons (Fsp3) is 0.300. The van der Waals surface area contributed by atoms with Gasteiger partial charge in [-0.1, -0.05) is 24.3 Å². The maximum Gasteiger partial charge on any atom is 0.329 e. The molecule has 1 amide bonds. The van der Waals surface area contributed by atoms with Crippen LogP contribution in [0.15, 0.2) is 77.6 Å². The summed E-state index contributed by atoms with van der Waals surface area (Å²) in [7, 11) is 0. The average Bonchev–Trinajstić information content (AvgIpc) is 3.19. The van der Waals surface area contributed by atoms with Gasteiger partial charge < -0.3 is 10.2 Å². The molecule has 0 saturated carbocycles. The molecule has 7 nitrogen and oxygen atoms in total. The molecule has 5 rings (SSSR count). The second-order valence-corrected chi connectivity index (χ2v) is 9.87. The van der Waals surface area contributed by atoms with E-state index < -0.39 is 0 Å². The van der Waals surface area contributed by atoms with E-state index in [4.69, 9.17) is 0 Å². The molecule has 2 heterocycles. The Bertz CT molecular complexity index is 1500. The monoisotopic (exact) mass is 514 g/mol. The molecule has 0 unspecified atom stereocenters. The van der Waals surface area contributed by atoms with Gasteiger partial charge in [-0.25, -0.2) is 9.18 Å². The van der Waals surface area contributed by atoms with E-state index in [0.717, 1.165) is 54.8 Å². The molecule has 0 aliphatic carbocycles. The van der Waals surface area contributed by atoms with Crippen LogP contribution < -0.4 is 11.0 Å². The second-order valence-electron chi connectivity index (χ2n) is 9.87. The SMILES string of the molecule is CC(=O)Nc1ccc(Cn2c(=O)n(CCN3CCC(C(=O)c4ccc(F)cc4)CC3)c3ccccc32)cc1. The Morgan fingerprint density at radius 1 is 0.868 bits per heavy atom. The summed E-state index contributed by atoms with van der Waals surface area (Å²) in [5, 5.41) is 2.76. The Hall–Kier alpha value is -4.04. The number of benzene rings is 3. The number of aromatic nitrogens is 2. The number of piperidine rings is 1. The minimum atomic E-state index is -0.340. The number of fused-ring (bicyclic) bond motifs is 1. The first kappa shape index (κ1) is 25.6. The summed E-state index contributed by atoms with van der Waals surface area (Å²) in [5.41, 5.74) is 3.98. The number of likely N-dealkylation sites (tertiary alicyclic amines) is 1. The normalized spacial score (nSPS) is 14.6. The van der Waals surface area contributed by atoms with Crippen molar-refractivity contribution >= 4 is 28.4 Å². The molecule has 0 atom stereocenters. The van der Waals surface area contributed by atoms with Gasteiger partial charge in [0.15, 0.2) is 5.78 Å². The van der Waals surface area contributed by atoms with Crippen molar-refractivity contribution in [2.45, 2.75) is 32.9 Å². The lowest BCUT2D eigenvalue weighted by molar-refractivity contribution is -0.114. The zero-order valence-electron chi connectivity index (χ0n) is 21.4. The maximum atomic E-state index is 13.5. The van der Waals surface area contributed by atoms with Crippen LogP contribution in [-0.2, 0) is 17.9 Å². The first-order valence-corrected chi connectivity index (χ1v) is 13.0. The number of anilines is 1. The number of para-hydroxylation sites is 2. The number of ketones is 1. The summed E-state index contributed by atoms with van der Waals surface area (Å²) in [6.45, 7) is 4.75. The number of amides is 1. The third kappa shape index (κ3) is 5.60. The van der Waals surface area contributed by atoms with E-state index in [1.54, 1.807) is 16.7 Å². The van der Waals surface area contributed by atoms with Gasteiger partial charge in [0.05, 0.1) is 17.6 Å². The van der Waals surface area contributed by atoms with Crippen LogP contribution >= 0.6 is 0 Å². The summed E-state index contributed by atoms with van der Waals surface area (Å²) in [4.78, 5) is 39.9. The van der Waals surface area contributed by atoms with Crippen LogP contribution in [-0.4, -0.2) is 45.4 Å². The molecule has 1 N–H and O–H groups in total. The van der Waals surface area contributed by atoms with Crippen LogP contribution in [0, 0.1) is 11.7 Å². The van der Waals surface area contributed by atoms with Crippen LogP contribution in [0.25, 0.3) is 11.0 Å². The summed E-state index contributed by atoms with van der Waals surface area (Å²) < 4.78 is 16.8. The predicted octanol–water partition coefficient (Wildman–Crippen LogP) is 4.54. The predicted molar refractivity (Wildman–Crippen MR) is 146 cm³/mol. The minimum Gasteiger partial charge on any atom is -0.326 e. The van der Waals surface area contributed by atoms with Gasteiger partial charge in [0.1, 0.15) is 5.82 Å². The van der Waals surface area contributed by atoms with Gasteiger partial charge in [0.25, 0.3) is 0 Å². The molecule has 1 aromatic heterocycles. The Labute approximate surface area is 220 Å². The Morgan fingerprint density at radius 3 is 2.13 bits per heavy atom. The van der Waals surface area contributed by atoms with E-state index in [2.05, 4.69) is 10.2 Å². The number of imidazole rings is 1. The number of nitrogens with one attached hydrogen (secondary N) is 1. The van der Waals surface area contributed by atoms with Gasteiger partial charge in [-0.2, -0.15) is 0 Å². The topological polar surface area (TPSA) is 76.3 Å². The molecule has 38 heavy (non-hydrogen) atoms. The van der Waals surface area contributed by atoms with Gasteiger partial charge in [-0.05, 0) is 80.0 Å². The average molecular weight is 515 g/mol. The van der Waals surface area contributed by atoms with E-state index in [1.807, 2.05) is 53.1 Å². The number of rotatable bonds is 8. The highest BCUT2D eigenvalue weighted by Crippen LogP contribution is 2.22. The van der Waals surface area contributed by atoms with Gasteiger partial charge in [0.2, 0.25) is 5.91 Å². The molecule has 0 bridgehead atoms. The van der Waals surface area contributed by atoms with Crippen LogP contribution in [0.3, 0.4) is 0 Å². The van der Waals surface area contributed by atoms with E-state index >= 15 is 0 Å². The molecule has 3 aromatic carbocycles. The van der Waals surface area contributed by atoms with Gasteiger partial charge in [-0.3, -0.25) is 18.7 Å². The number of halogens is 1. The highest BCUT2D eigenvalue weighted by atomic mass is 19.1. The van der Waals surface area contributed by atoms with Crippen molar-refractivity contribution in [2.24, 2.45) is 5.92 Å². The quantitative estimate of drug-likeness (QED) is 0.350. The number of hydrogen-bond donors (Lipinski definition) is 1. The van der Waals surface area contributed by atoms with Crippen molar-refractivity contribution < 1.29 is 14.0 Å². The fourth-order valence-electron chi connectivity index (χ4n) is 5.23. The van der Waals surface area contributed by atoms with E-state index in [-0.39, 0.29) is 29.1 Å². The first-order valence-electron chi connectivity index (χ1n) is 13.0. The van der Waals surface area contributed by atoms with Gasteiger partial charge in [-0.15, -0.1) is 0 Å². The molecule has 1 fully saturated rings. The fourth-order valence-corrected chi connectivity index (χ4v) is 5.23. The van der Waals surface area contributed by atoms with Crippen LogP contribution in [0.4, 0.5) is 10.1 Å². The number of nitrogens with zero attached hydrogens (tertiary/aromatic N) is 3. The lowest BCUT2D eigenvalue weighted by Crippen LogP contribution is -2.39. The third-order valence-corrected chi connectivity index (χ3v) is 7.27. The Balaban J connectivity index is 1.25. The van der Waals surface area contributed by atoms with Gasteiger partial charge >= 0.3 is 5.69 Å². The molecule has 196 valence electrons. The molecule has 0 spiro atoms. The van der Waals surface area contributed by atoms with E-state index in [1.165, 1.54) is 19.1 Å². The number of carbonyl (C=O) groups excluding carboxylic acids is 2. The molecule has 1 aliphatic heterocycles. The zero-order chi connectivity index (χ0) is 26.6. The Kier molecular flexibility index (Phi) is 7.51. The molecule has 1 saturated heterocycles. The van der Waals surface area contributed by atoms with Crippen molar-refractivity contribution in [3.63, 3.8) is 0 Å². The summed E-state index contributed by atoms with van der Waals surface area (Å²) in [6, 6.07) is 21.1. The van der Waals surface area contributed by atoms with E-state index in [9.17, 15) is 18.8 Å². The Morgan fingerprint density at radius 2 is 1.50 bits per heavy atom. The molecule has 4 aromatic rings. The number of carbonyl (C=O) groups is 2. The van der Waals surface area contributed by atoms with Crippen molar-refractivity contribution in [3.05, 3.63) is 100 Å². The standard InChI is InChI=1S/C30H31FN4O3/c1-21(36)32-26-12-6-22(7-13-26)20-35-28-5-3-2-4-27(28)34(30(35)38)19-18-33-16-14-24(15-17-33)29(37)23-8-10-25(31)11-9-23/h2-13,24H,14-20H2,1H3,(H,32,36). The highest BCUT2D eigenvalue weighted by Gasteiger charge is 2.26. The smallest absolute Gasteiger partial charge is 0.326 e. The molecule has 0 radical (unpaired) electrons. The second kappa shape index (κ2) is 11.1. The van der Waals surface area contributed by atoms with Crippen molar-refractivity contribution in [1.29, 1.82) is 0 Å². The van der Waals surface area contributed by atoms with Crippen LogP contribution in [0.5, 0.6) is 0 Å². The number of Topliss-reactive ketones (excluding diaryl/α,β-unsaturated/α-hetero) is 1. The summed E-state index contributed by atoms with van der Waals surface area (Å²) >= 11 is 0. The maximum absolute atomic E-state index is 13.5. The van der Waals surface area contributed by atoms with E-state index in [0.29, 0.717) is 18.7 Å². The summed E-state index contributed by atoms with van der Waals surface area (Å²) in [5.74, 6) is -0.444. The lowest BCUT2D eigenvalue weighted by Gasteiger charge is -2.31. The number of hydrogen-bond acceptors (Lipinski definition) is 4. The molecule has 1 aliphatic rings. The highest BCUT2D eigenvalue weighted by molar-refractivity contribution is 5.97. The molecule has 8 heteroatoms. The zero-order valence-corrected chi connectivity index (χ0v) is 21.4. The van der Waals surface area contributed by atoms with Crippen LogP contribution in [0.2, 0.25) is 0 Å². The van der Waals surface area contributed by atoms with Crippen molar-refractivity contribution in [1.82, 2.24) is 14.0 Å². The lowest BCUT2D eigenvalue weighted by atomic mass is 9.89. The first-order chi connectivity index (χ1) is 18.4. The third-order valence-electron chi connectivity index (χ3n) is 7.27. The van der Waals surface area contributed by atoms with Crippen molar-refractivity contribution in [3.8, 4) is 0 Å². The largest absolute Gasteiger partial charge is 0.329 e. The van der Waals surface area contributed by atoms with Gasteiger partial charge in [0, 0.05) is 37.2 Å².